The molecule has 0 radical (unpaired) electrons. The summed E-state index contributed by atoms with van der Waals surface area (Å²) >= 11 is 0. The minimum Gasteiger partial charge on any atom is -0.497 e. The molecule has 26 heavy (non-hydrogen) atoms. The SMILES string of the molecule is CCc1ccc(C(CNC(=O)CCc2ccc(OC)cc2)N(C)C)cc1. The number of ether oxygens (including phenoxy) is 1. The first-order valence-electron chi connectivity index (χ1n) is 9.18. The van der Waals surface area contributed by atoms with Gasteiger partial charge in [0.25, 0.3) is 0 Å². The summed E-state index contributed by atoms with van der Waals surface area (Å²) in [6.45, 7) is 2.77. The molecule has 140 valence electrons. The molecule has 0 bridgehead atoms. The van der Waals surface area contributed by atoms with Crippen LogP contribution < -0.4 is 10.1 Å². The minimum atomic E-state index is 0.0813. The molecule has 0 saturated carbocycles. The van der Waals surface area contributed by atoms with Crippen molar-refractivity contribution in [2.45, 2.75) is 32.2 Å². The maximum absolute atomic E-state index is 12.2. The van der Waals surface area contributed by atoms with Crippen LogP contribution >= 0.6 is 0 Å². The van der Waals surface area contributed by atoms with Crippen LogP contribution in [0.5, 0.6) is 5.75 Å². The van der Waals surface area contributed by atoms with Crippen molar-refractivity contribution in [2.24, 2.45) is 0 Å². The van der Waals surface area contributed by atoms with Crippen LogP contribution in [0.2, 0.25) is 0 Å². The summed E-state index contributed by atoms with van der Waals surface area (Å²) in [6.07, 6.45) is 2.25. The molecule has 2 rings (SSSR count). The van der Waals surface area contributed by atoms with Crippen LogP contribution in [-0.2, 0) is 17.6 Å². The zero-order valence-electron chi connectivity index (χ0n) is 16.3. The lowest BCUT2D eigenvalue weighted by molar-refractivity contribution is -0.121. The smallest absolute Gasteiger partial charge is 0.220 e. The van der Waals surface area contributed by atoms with Gasteiger partial charge in [-0.25, -0.2) is 0 Å². The van der Waals surface area contributed by atoms with Gasteiger partial charge in [0.05, 0.1) is 13.2 Å². The summed E-state index contributed by atoms with van der Waals surface area (Å²) in [7, 11) is 5.74. The standard InChI is InChI=1S/C22H30N2O2/c1-5-17-6-11-19(12-7-17)21(24(2)3)16-23-22(25)15-10-18-8-13-20(26-4)14-9-18/h6-9,11-14,21H,5,10,15-16H2,1-4H3,(H,23,25). The van der Waals surface area contributed by atoms with E-state index < -0.39 is 0 Å². The summed E-state index contributed by atoms with van der Waals surface area (Å²) in [5.74, 6) is 0.916. The number of rotatable bonds is 9. The Balaban J connectivity index is 1.86. The van der Waals surface area contributed by atoms with Gasteiger partial charge in [-0.05, 0) is 55.8 Å². The van der Waals surface area contributed by atoms with E-state index in [1.165, 1.54) is 11.1 Å². The Morgan fingerprint density at radius 1 is 1.04 bits per heavy atom. The van der Waals surface area contributed by atoms with Crippen LogP contribution in [0, 0.1) is 0 Å². The molecule has 0 fully saturated rings. The Bertz CT molecular complexity index is 678. The second kappa shape index (κ2) is 9.97. The van der Waals surface area contributed by atoms with Gasteiger partial charge in [0.15, 0.2) is 0 Å². The van der Waals surface area contributed by atoms with Crippen molar-refractivity contribution in [1.29, 1.82) is 0 Å². The number of carbonyl (C=O) groups excluding carboxylic acids is 1. The summed E-state index contributed by atoms with van der Waals surface area (Å²) in [6, 6.07) is 16.7. The van der Waals surface area contributed by atoms with Crippen molar-refractivity contribution in [1.82, 2.24) is 10.2 Å². The zero-order valence-corrected chi connectivity index (χ0v) is 16.3. The van der Waals surface area contributed by atoms with Gasteiger partial charge in [0, 0.05) is 13.0 Å². The second-order valence-electron chi connectivity index (χ2n) is 6.73. The Morgan fingerprint density at radius 2 is 1.65 bits per heavy atom. The number of amides is 1. The van der Waals surface area contributed by atoms with E-state index in [2.05, 4.69) is 41.4 Å². The molecule has 2 aromatic rings. The van der Waals surface area contributed by atoms with Crippen LogP contribution in [0.1, 0.15) is 36.1 Å². The fraction of sp³-hybridized carbons (Fsp3) is 0.409. The highest BCUT2D eigenvalue weighted by Gasteiger charge is 2.15. The molecular weight excluding hydrogens is 324 g/mol. The predicted molar refractivity (Wildman–Crippen MR) is 107 cm³/mol. The maximum Gasteiger partial charge on any atom is 0.220 e. The van der Waals surface area contributed by atoms with Crippen molar-refractivity contribution >= 4 is 5.91 Å². The fourth-order valence-corrected chi connectivity index (χ4v) is 2.92. The van der Waals surface area contributed by atoms with Crippen LogP contribution in [0.4, 0.5) is 0 Å². The number of benzene rings is 2. The van der Waals surface area contributed by atoms with Crippen LogP contribution in [0.3, 0.4) is 0 Å². The minimum absolute atomic E-state index is 0.0813. The van der Waals surface area contributed by atoms with Gasteiger partial charge in [0.1, 0.15) is 5.75 Å². The normalized spacial score (nSPS) is 12.0. The number of aryl methyl sites for hydroxylation is 2. The highest BCUT2D eigenvalue weighted by atomic mass is 16.5. The number of hydrogen-bond acceptors (Lipinski definition) is 3. The topological polar surface area (TPSA) is 41.6 Å². The molecule has 0 spiro atoms. The lowest BCUT2D eigenvalue weighted by Gasteiger charge is -2.25. The third-order valence-electron chi connectivity index (χ3n) is 4.69. The molecule has 1 amide bonds. The molecule has 0 heterocycles. The van der Waals surface area contributed by atoms with Crippen LogP contribution in [0.25, 0.3) is 0 Å². The van der Waals surface area contributed by atoms with Crippen LogP contribution in [-0.4, -0.2) is 38.6 Å². The first-order valence-corrected chi connectivity index (χ1v) is 9.18. The van der Waals surface area contributed by atoms with Gasteiger partial charge < -0.3 is 15.0 Å². The predicted octanol–water partition coefficient (Wildman–Crippen LogP) is 3.61. The van der Waals surface area contributed by atoms with Crippen molar-refractivity contribution in [3.8, 4) is 5.75 Å². The quantitative estimate of drug-likeness (QED) is 0.748. The van der Waals surface area contributed by atoms with E-state index in [-0.39, 0.29) is 11.9 Å². The molecule has 0 aliphatic rings. The molecule has 0 aliphatic carbocycles. The van der Waals surface area contributed by atoms with Gasteiger partial charge >= 0.3 is 0 Å². The van der Waals surface area contributed by atoms with E-state index in [0.29, 0.717) is 13.0 Å². The summed E-state index contributed by atoms with van der Waals surface area (Å²) in [5.41, 5.74) is 3.69. The zero-order chi connectivity index (χ0) is 18.9. The highest BCUT2D eigenvalue weighted by molar-refractivity contribution is 5.76. The fourth-order valence-electron chi connectivity index (χ4n) is 2.92. The number of likely N-dealkylation sites (N-methyl/N-ethyl adjacent to an activating group) is 1. The average Bonchev–Trinajstić information content (AvgIpc) is 2.67. The van der Waals surface area contributed by atoms with Crippen molar-refractivity contribution < 1.29 is 9.53 Å². The van der Waals surface area contributed by atoms with E-state index >= 15 is 0 Å². The van der Waals surface area contributed by atoms with Crippen molar-refractivity contribution in [3.05, 3.63) is 65.2 Å². The number of methoxy groups -OCH3 is 1. The van der Waals surface area contributed by atoms with Crippen molar-refractivity contribution in [3.63, 3.8) is 0 Å². The summed E-state index contributed by atoms with van der Waals surface area (Å²) in [5, 5.41) is 3.08. The second-order valence-corrected chi connectivity index (χ2v) is 6.73. The third kappa shape index (κ3) is 5.88. The molecule has 0 aliphatic heterocycles. The van der Waals surface area contributed by atoms with E-state index in [9.17, 15) is 4.79 Å². The van der Waals surface area contributed by atoms with Gasteiger partial charge in [-0.1, -0.05) is 43.3 Å². The molecule has 2 aromatic carbocycles. The maximum atomic E-state index is 12.2. The lowest BCUT2D eigenvalue weighted by Crippen LogP contribution is -2.34. The molecule has 0 aromatic heterocycles. The third-order valence-corrected chi connectivity index (χ3v) is 4.69. The monoisotopic (exact) mass is 354 g/mol. The molecule has 1 atom stereocenters. The number of nitrogens with zero attached hydrogens (tertiary/aromatic N) is 1. The van der Waals surface area contributed by atoms with Crippen molar-refractivity contribution in [2.75, 3.05) is 27.7 Å². The van der Waals surface area contributed by atoms with Gasteiger partial charge in [-0.3, -0.25) is 4.79 Å². The van der Waals surface area contributed by atoms with E-state index in [1.54, 1.807) is 7.11 Å². The Kier molecular flexibility index (Phi) is 7.67. The van der Waals surface area contributed by atoms with E-state index in [0.717, 1.165) is 24.2 Å². The Hall–Kier alpha value is -2.33. The molecule has 4 heteroatoms. The van der Waals surface area contributed by atoms with Gasteiger partial charge in [-0.2, -0.15) is 0 Å². The van der Waals surface area contributed by atoms with Crippen LogP contribution in [0.15, 0.2) is 48.5 Å². The highest BCUT2D eigenvalue weighted by Crippen LogP contribution is 2.18. The molecule has 1 N–H and O–H groups in total. The molecule has 1 unspecified atom stereocenters. The van der Waals surface area contributed by atoms with E-state index in [1.807, 2.05) is 38.4 Å². The Morgan fingerprint density at radius 3 is 2.19 bits per heavy atom. The average molecular weight is 354 g/mol. The van der Waals surface area contributed by atoms with E-state index in [4.69, 9.17) is 4.74 Å². The summed E-state index contributed by atoms with van der Waals surface area (Å²) in [4.78, 5) is 14.4. The largest absolute Gasteiger partial charge is 0.497 e. The number of nitrogens with one attached hydrogen (secondary N) is 1. The molecule has 4 nitrogen and oxygen atoms in total. The number of hydrogen-bond donors (Lipinski definition) is 1. The summed E-state index contributed by atoms with van der Waals surface area (Å²) < 4.78 is 5.15. The van der Waals surface area contributed by atoms with Gasteiger partial charge in [-0.15, -0.1) is 0 Å². The van der Waals surface area contributed by atoms with Gasteiger partial charge in [0.2, 0.25) is 5.91 Å². The molecule has 0 saturated heterocycles. The first-order chi connectivity index (χ1) is 12.5. The first kappa shape index (κ1) is 20.0. The molecular formula is C22H30N2O2. The lowest BCUT2D eigenvalue weighted by atomic mass is 10.0. The Labute approximate surface area is 157 Å². The number of carbonyl (C=O) groups is 1.